The average Bonchev–Trinajstić information content (AvgIpc) is 3.74. The number of nitrogens with zero attached hydrogens (tertiary/aromatic N) is 2. The summed E-state index contributed by atoms with van der Waals surface area (Å²) in [6, 6.07) is 16.9. The molecular weight excluding hydrogens is 743 g/mol. The van der Waals surface area contributed by atoms with Gasteiger partial charge in [0.15, 0.2) is 5.60 Å². The van der Waals surface area contributed by atoms with Crippen LogP contribution in [0, 0.1) is 5.92 Å². The van der Waals surface area contributed by atoms with Gasteiger partial charge >= 0.3 is 5.97 Å². The van der Waals surface area contributed by atoms with Crippen LogP contribution < -0.4 is 0 Å². The van der Waals surface area contributed by atoms with Gasteiger partial charge in [0, 0.05) is 28.4 Å². The molecule has 272 valence electrons. The Morgan fingerprint density at radius 3 is 1.80 bits per heavy atom. The molecule has 9 heteroatoms. The molecule has 2 heterocycles. The zero-order valence-corrected chi connectivity index (χ0v) is 33.2. The van der Waals surface area contributed by atoms with E-state index >= 15 is 0 Å². The van der Waals surface area contributed by atoms with E-state index in [-0.39, 0.29) is 6.10 Å². The van der Waals surface area contributed by atoms with Gasteiger partial charge in [-0.25, -0.2) is 14.8 Å². The Kier molecular flexibility index (Phi) is 14.7. The van der Waals surface area contributed by atoms with E-state index in [1.807, 2.05) is 0 Å². The Balaban J connectivity index is 0.000000263. The maximum absolute atomic E-state index is 11.3. The zero-order chi connectivity index (χ0) is 36.4. The van der Waals surface area contributed by atoms with Gasteiger partial charge in [-0.05, 0) is 86.3 Å². The second kappa shape index (κ2) is 18.5. The second-order valence-corrected chi connectivity index (χ2v) is 15.0. The number of carboxylic acid groups (broad SMARTS) is 1. The van der Waals surface area contributed by atoms with Crippen molar-refractivity contribution in [3.8, 4) is 22.9 Å². The van der Waals surface area contributed by atoms with Crippen LogP contribution in [-0.4, -0.2) is 39.4 Å². The normalized spacial score (nSPS) is 16.5. The van der Waals surface area contributed by atoms with Crippen molar-refractivity contribution in [1.29, 1.82) is 0 Å². The minimum Gasteiger partial charge on any atom is -0.479 e. The predicted molar refractivity (Wildman–Crippen MR) is 207 cm³/mol. The summed E-state index contributed by atoms with van der Waals surface area (Å²) in [5.74, 6) is 3.68. The van der Waals surface area contributed by atoms with Gasteiger partial charge in [-0.3, -0.25) is 0 Å². The monoisotopic (exact) mass is 798 g/mol. The molecule has 50 heavy (non-hydrogen) atoms. The Bertz CT molecular complexity index is 1620. The molecule has 0 radical (unpaired) electrons. The van der Waals surface area contributed by atoms with Crippen LogP contribution in [0.4, 0.5) is 0 Å². The summed E-state index contributed by atoms with van der Waals surface area (Å²) >= 11 is 2.33. The minimum absolute atomic E-state index is 0.125. The molecular formula is C41H55IN2O6. The highest BCUT2D eigenvalue weighted by molar-refractivity contribution is 14.1. The summed E-state index contributed by atoms with van der Waals surface area (Å²) in [4.78, 5) is 20.6. The molecule has 8 nitrogen and oxygen atoms in total. The van der Waals surface area contributed by atoms with E-state index in [0.29, 0.717) is 36.9 Å². The van der Waals surface area contributed by atoms with Gasteiger partial charge in [0.2, 0.25) is 11.8 Å². The third kappa shape index (κ3) is 10.7. The SMILES string of the molecule is CCc1oc(-c2ccc(C(C)C)cc2)nc1CI.CCc1oc(-c2ccc(C(C)C)cc2)nc1CO[C@H]1CCC[C@@H](COC(C)(C)C(=O)O)C1. The Hall–Kier alpha value is -3.02. The molecule has 0 aliphatic heterocycles. The van der Waals surface area contributed by atoms with Gasteiger partial charge in [-0.15, -0.1) is 0 Å². The summed E-state index contributed by atoms with van der Waals surface area (Å²) < 4.78 is 24.7. The van der Waals surface area contributed by atoms with E-state index in [1.165, 1.54) is 11.1 Å². The molecule has 2 aromatic heterocycles. The van der Waals surface area contributed by atoms with Crippen molar-refractivity contribution in [1.82, 2.24) is 9.97 Å². The summed E-state index contributed by atoms with van der Waals surface area (Å²) in [6.07, 6.45) is 5.76. The van der Waals surface area contributed by atoms with Crippen molar-refractivity contribution in [2.45, 2.75) is 128 Å². The third-order valence-electron chi connectivity index (χ3n) is 9.36. The topological polar surface area (TPSA) is 108 Å². The molecule has 0 saturated heterocycles. The molecule has 0 unspecified atom stereocenters. The molecule has 2 aromatic carbocycles. The number of carboxylic acids is 1. The van der Waals surface area contributed by atoms with Gasteiger partial charge in [-0.1, -0.05) is 94.8 Å². The largest absolute Gasteiger partial charge is 0.479 e. The predicted octanol–water partition coefficient (Wildman–Crippen LogP) is 10.9. The summed E-state index contributed by atoms with van der Waals surface area (Å²) in [6.45, 7) is 17.0. The number of halogens is 1. The van der Waals surface area contributed by atoms with Gasteiger partial charge in [0.1, 0.15) is 17.2 Å². The van der Waals surface area contributed by atoms with Crippen LogP contribution in [0.15, 0.2) is 57.4 Å². The van der Waals surface area contributed by atoms with Gasteiger partial charge in [0.05, 0.1) is 25.0 Å². The summed E-state index contributed by atoms with van der Waals surface area (Å²) in [7, 11) is 0. The van der Waals surface area contributed by atoms with Crippen molar-refractivity contribution in [3.63, 3.8) is 0 Å². The highest BCUT2D eigenvalue weighted by atomic mass is 127. The van der Waals surface area contributed by atoms with Crippen molar-refractivity contribution < 1.29 is 28.2 Å². The van der Waals surface area contributed by atoms with Crippen molar-refractivity contribution >= 4 is 28.6 Å². The smallest absolute Gasteiger partial charge is 0.335 e. The lowest BCUT2D eigenvalue weighted by Crippen LogP contribution is -2.37. The van der Waals surface area contributed by atoms with Gasteiger partial charge in [-0.2, -0.15) is 0 Å². The molecule has 1 aliphatic rings. The molecule has 0 spiro atoms. The zero-order valence-electron chi connectivity index (χ0n) is 31.1. The van der Waals surface area contributed by atoms with Crippen LogP contribution in [0.3, 0.4) is 0 Å². The first-order valence-electron chi connectivity index (χ1n) is 18.1. The summed E-state index contributed by atoms with van der Waals surface area (Å²) in [5.41, 5.74) is 5.45. The fraction of sp³-hybridized carbons (Fsp3) is 0.537. The number of rotatable bonds is 14. The van der Waals surface area contributed by atoms with E-state index in [0.717, 1.165) is 82.9 Å². The van der Waals surface area contributed by atoms with Gasteiger partial charge in [0.25, 0.3) is 0 Å². The van der Waals surface area contributed by atoms with Crippen LogP contribution in [0.5, 0.6) is 0 Å². The van der Waals surface area contributed by atoms with E-state index in [9.17, 15) is 9.90 Å². The number of aliphatic carboxylic acids is 1. The summed E-state index contributed by atoms with van der Waals surface area (Å²) in [5, 5.41) is 9.24. The van der Waals surface area contributed by atoms with E-state index < -0.39 is 11.6 Å². The van der Waals surface area contributed by atoms with Crippen LogP contribution in [0.1, 0.15) is 127 Å². The number of alkyl halides is 1. The first-order chi connectivity index (χ1) is 23.8. The molecule has 1 fully saturated rings. The maximum atomic E-state index is 11.3. The van der Waals surface area contributed by atoms with Crippen LogP contribution in [-0.2, 0) is 38.1 Å². The molecule has 5 rings (SSSR count). The van der Waals surface area contributed by atoms with Crippen LogP contribution in [0.25, 0.3) is 22.9 Å². The third-order valence-corrected chi connectivity index (χ3v) is 10.1. The molecule has 0 bridgehead atoms. The number of hydrogen-bond acceptors (Lipinski definition) is 7. The second-order valence-electron chi connectivity index (χ2n) is 14.3. The van der Waals surface area contributed by atoms with E-state index in [2.05, 4.69) is 118 Å². The highest BCUT2D eigenvalue weighted by Gasteiger charge is 2.31. The average molecular weight is 799 g/mol. The number of benzene rings is 2. The fourth-order valence-electron chi connectivity index (χ4n) is 5.93. The lowest BCUT2D eigenvalue weighted by Gasteiger charge is -2.31. The molecule has 0 amide bonds. The van der Waals surface area contributed by atoms with Crippen LogP contribution >= 0.6 is 22.6 Å². The first-order valence-corrected chi connectivity index (χ1v) is 19.6. The van der Waals surface area contributed by atoms with E-state index in [1.54, 1.807) is 13.8 Å². The maximum Gasteiger partial charge on any atom is 0.335 e. The number of carbonyl (C=O) groups is 1. The molecule has 1 aliphatic carbocycles. The molecule has 1 saturated carbocycles. The molecule has 1 N–H and O–H groups in total. The number of aryl methyl sites for hydroxylation is 2. The quantitative estimate of drug-likeness (QED) is 0.0992. The lowest BCUT2D eigenvalue weighted by atomic mass is 9.87. The Labute approximate surface area is 311 Å². The number of oxazole rings is 2. The minimum atomic E-state index is -1.16. The number of ether oxygens (including phenoxy) is 2. The lowest BCUT2D eigenvalue weighted by molar-refractivity contribution is -0.163. The number of hydrogen-bond donors (Lipinski definition) is 1. The number of aromatic nitrogens is 2. The van der Waals surface area contributed by atoms with E-state index in [4.69, 9.17) is 23.3 Å². The van der Waals surface area contributed by atoms with Crippen molar-refractivity contribution in [3.05, 3.63) is 82.6 Å². The fourth-order valence-corrected chi connectivity index (χ4v) is 6.53. The highest BCUT2D eigenvalue weighted by Crippen LogP contribution is 2.31. The Morgan fingerprint density at radius 2 is 1.36 bits per heavy atom. The van der Waals surface area contributed by atoms with Crippen molar-refractivity contribution in [2.75, 3.05) is 6.61 Å². The van der Waals surface area contributed by atoms with Gasteiger partial charge < -0.3 is 23.4 Å². The van der Waals surface area contributed by atoms with Crippen LogP contribution in [0.2, 0.25) is 0 Å². The molecule has 2 atom stereocenters. The van der Waals surface area contributed by atoms with Crippen molar-refractivity contribution in [2.24, 2.45) is 5.92 Å². The first kappa shape index (κ1) is 39.8. The molecule has 4 aromatic rings. The Morgan fingerprint density at radius 1 is 0.860 bits per heavy atom. The standard InChI is InChI=1S/C26H37NO5.C15H18INO/c1-6-23-22(27-24(32-23)20-12-10-19(11-13-20)17(2)3)16-30-21-9-7-8-18(14-21)15-31-26(4,5)25(28)29;1-4-14-13(9-16)17-15(18-14)12-7-5-11(6-8-12)10(2)3/h10-13,17-18,21H,6-9,14-16H2,1-5H3,(H,28,29);5-8,10H,4,9H2,1-3H3/t18-,21+;/m1./s1.